The maximum Gasteiger partial charge on any atom is 0.422 e. The third kappa shape index (κ3) is 10.1. The lowest BCUT2D eigenvalue weighted by molar-refractivity contribution is -0.192. The Morgan fingerprint density at radius 1 is 0.952 bits per heavy atom. The summed E-state index contributed by atoms with van der Waals surface area (Å²) in [5.74, 6) is -1.53. The van der Waals surface area contributed by atoms with E-state index in [0.717, 1.165) is 0 Å². The molecule has 21 heavy (non-hydrogen) atoms. The van der Waals surface area contributed by atoms with Crippen LogP contribution in [-0.2, 0) is 14.3 Å². The van der Waals surface area contributed by atoms with Crippen molar-refractivity contribution in [1.82, 2.24) is 0 Å². The Bertz CT molecular complexity index is 347. The lowest BCUT2D eigenvalue weighted by Crippen LogP contribution is -2.29. The quantitative estimate of drug-likeness (QED) is 0.778. The van der Waals surface area contributed by atoms with E-state index in [1.807, 2.05) is 6.92 Å². The summed E-state index contributed by atoms with van der Waals surface area (Å²) in [7, 11) is 0. The highest BCUT2D eigenvalue weighted by Crippen LogP contribution is 2.23. The van der Waals surface area contributed by atoms with Gasteiger partial charge in [0.05, 0.1) is 10.8 Å². The predicted molar refractivity (Wildman–Crippen MR) is 72.8 cm³/mol. The first kappa shape index (κ1) is 22.0. The van der Waals surface area contributed by atoms with E-state index in [0.29, 0.717) is 12.8 Å². The Hall–Kier alpha value is -1.27. The van der Waals surface area contributed by atoms with Crippen molar-refractivity contribution in [3.8, 4) is 0 Å². The van der Waals surface area contributed by atoms with Gasteiger partial charge >= 0.3 is 18.1 Å². The first-order valence-corrected chi connectivity index (χ1v) is 6.67. The Labute approximate surface area is 123 Å². The number of aliphatic carboxylic acids is 1. The fourth-order valence-corrected chi connectivity index (χ4v) is 0.638. The van der Waals surface area contributed by atoms with Crippen molar-refractivity contribution in [2.45, 2.75) is 60.6 Å². The van der Waals surface area contributed by atoms with E-state index < -0.39 is 35.6 Å². The summed E-state index contributed by atoms with van der Waals surface area (Å²) in [5, 5.41) is 8.44. The monoisotopic (exact) mass is 314 g/mol. The van der Waals surface area contributed by atoms with Gasteiger partial charge in [-0.25, -0.2) is 0 Å². The van der Waals surface area contributed by atoms with Gasteiger partial charge in [-0.3, -0.25) is 9.59 Å². The minimum absolute atomic E-state index is 0.448. The molecule has 0 amide bonds. The number of hydrogen-bond acceptors (Lipinski definition) is 3. The number of halogens is 3. The molecule has 126 valence electrons. The van der Waals surface area contributed by atoms with E-state index >= 15 is 0 Å². The van der Waals surface area contributed by atoms with Crippen LogP contribution in [0.5, 0.6) is 0 Å². The molecule has 0 aromatic rings. The molecule has 0 atom stereocenters. The van der Waals surface area contributed by atoms with Crippen LogP contribution >= 0.6 is 0 Å². The number of carboxylic acid groups (broad SMARTS) is 1. The number of carbonyl (C=O) groups excluding carboxylic acids is 1. The van der Waals surface area contributed by atoms with E-state index in [1.165, 1.54) is 0 Å². The summed E-state index contributed by atoms with van der Waals surface area (Å²) in [4.78, 5) is 21.3. The Balaban J connectivity index is 0. The zero-order chi connectivity index (χ0) is 17.5. The highest BCUT2D eigenvalue weighted by molar-refractivity contribution is 5.75. The SMILES string of the molecule is CCC(C)(C)C(=O)O.CCC(C)(C)C(=O)OCC(F)(F)F. The normalized spacial score (nSPS) is 12.2. The second-order valence-corrected chi connectivity index (χ2v) is 5.97. The molecule has 0 rings (SSSR count). The van der Waals surface area contributed by atoms with E-state index in [-0.39, 0.29) is 0 Å². The standard InChI is InChI=1S/C8H13F3O2.C6H12O2/c1-4-7(2,3)6(12)13-5-8(9,10)11;1-4-6(2,3)5(7)8/h4-5H2,1-3H3;4H2,1-3H3,(H,7,8). The van der Waals surface area contributed by atoms with E-state index in [4.69, 9.17) is 5.11 Å². The number of esters is 1. The van der Waals surface area contributed by atoms with Crippen LogP contribution in [-0.4, -0.2) is 29.8 Å². The molecule has 0 fully saturated rings. The molecule has 1 N–H and O–H groups in total. The minimum Gasteiger partial charge on any atom is -0.481 e. The van der Waals surface area contributed by atoms with Gasteiger partial charge in [0.2, 0.25) is 0 Å². The Kier molecular flexibility index (Phi) is 8.64. The van der Waals surface area contributed by atoms with Gasteiger partial charge in [0.15, 0.2) is 6.61 Å². The van der Waals surface area contributed by atoms with E-state index in [2.05, 4.69) is 4.74 Å². The molecule has 0 saturated heterocycles. The Morgan fingerprint density at radius 3 is 1.52 bits per heavy atom. The molecule has 0 aliphatic rings. The van der Waals surface area contributed by atoms with Crippen LogP contribution in [0.15, 0.2) is 0 Å². The minimum atomic E-state index is -4.44. The molecule has 0 bridgehead atoms. The summed E-state index contributed by atoms with van der Waals surface area (Å²) in [6.45, 7) is 8.61. The number of alkyl halides is 3. The van der Waals surface area contributed by atoms with Crippen molar-refractivity contribution in [2.24, 2.45) is 10.8 Å². The van der Waals surface area contributed by atoms with Gasteiger partial charge in [0, 0.05) is 0 Å². The van der Waals surface area contributed by atoms with Crippen LogP contribution in [0.1, 0.15) is 54.4 Å². The molecule has 0 heterocycles. The second kappa shape index (κ2) is 8.24. The molecule has 0 aromatic carbocycles. The largest absolute Gasteiger partial charge is 0.481 e. The number of carboxylic acids is 1. The molecule has 0 spiro atoms. The van der Waals surface area contributed by atoms with Crippen LogP contribution < -0.4 is 0 Å². The highest BCUT2D eigenvalue weighted by Gasteiger charge is 2.33. The molecular formula is C14H25F3O4. The van der Waals surface area contributed by atoms with Crippen molar-refractivity contribution < 1.29 is 32.6 Å². The molecule has 0 saturated carbocycles. The molecule has 0 aliphatic heterocycles. The third-order valence-corrected chi connectivity index (χ3v) is 3.27. The zero-order valence-corrected chi connectivity index (χ0v) is 13.4. The third-order valence-electron chi connectivity index (χ3n) is 3.27. The van der Waals surface area contributed by atoms with Crippen LogP contribution in [0.25, 0.3) is 0 Å². The van der Waals surface area contributed by atoms with Crippen molar-refractivity contribution in [1.29, 1.82) is 0 Å². The summed E-state index contributed by atoms with van der Waals surface area (Å²) >= 11 is 0. The average molecular weight is 314 g/mol. The Morgan fingerprint density at radius 2 is 1.33 bits per heavy atom. The maximum absolute atomic E-state index is 11.6. The average Bonchev–Trinajstić information content (AvgIpc) is 2.35. The molecule has 7 heteroatoms. The first-order valence-electron chi connectivity index (χ1n) is 6.67. The number of hydrogen-bond donors (Lipinski definition) is 1. The molecule has 0 aromatic heterocycles. The number of ether oxygens (including phenoxy) is 1. The van der Waals surface area contributed by atoms with Gasteiger partial charge in [0.25, 0.3) is 0 Å². The van der Waals surface area contributed by atoms with E-state index in [9.17, 15) is 22.8 Å². The van der Waals surface area contributed by atoms with Crippen LogP contribution in [0, 0.1) is 10.8 Å². The molecule has 0 radical (unpaired) electrons. The molecule has 4 nitrogen and oxygen atoms in total. The van der Waals surface area contributed by atoms with Gasteiger partial charge in [-0.15, -0.1) is 0 Å². The van der Waals surface area contributed by atoms with Gasteiger partial charge in [0.1, 0.15) is 0 Å². The van der Waals surface area contributed by atoms with Crippen LogP contribution in [0.2, 0.25) is 0 Å². The predicted octanol–water partition coefficient (Wildman–Crippen LogP) is 4.04. The molecule has 0 unspecified atom stereocenters. The van der Waals surface area contributed by atoms with E-state index in [1.54, 1.807) is 34.6 Å². The summed E-state index contributed by atoms with van der Waals surface area (Å²) in [5.41, 5.74) is -1.38. The van der Waals surface area contributed by atoms with Crippen LogP contribution in [0.4, 0.5) is 13.2 Å². The van der Waals surface area contributed by atoms with Crippen molar-refractivity contribution >= 4 is 11.9 Å². The fourth-order valence-electron chi connectivity index (χ4n) is 0.638. The van der Waals surface area contributed by atoms with Crippen molar-refractivity contribution in [2.75, 3.05) is 6.61 Å². The lowest BCUT2D eigenvalue weighted by Gasteiger charge is -2.20. The van der Waals surface area contributed by atoms with Gasteiger partial charge in [-0.05, 0) is 40.5 Å². The van der Waals surface area contributed by atoms with Gasteiger partial charge < -0.3 is 9.84 Å². The smallest absolute Gasteiger partial charge is 0.422 e. The van der Waals surface area contributed by atoms with Crippen LogP contribution in [0.3, 0.4) is 0 Å². The highest BCUT2D eigenvalue weighted by atomic mass is 19.4. The van der Waals surface area contributed by atoms with Crippen molar-refractivity contribution in [3.05, 3.63) is 0 Å². The van der Waals surface area contributed by atoms with Crippen molar-refractivity contribution in [3.63, 3.8) is 0 Å². The number of rotatable bonds is 5. The first-order chi connectivity index (χ1) is 9.19. The maximum atomic E-state index is 11.6. The summed E-state index contributed by atoms with van der Waals surface area (Å²) in [6, 6.07) is 0. The topological polar surface area (TPSA) is 63.6 Å². The lowest BCUT2D eigenvalue weighted by atomic mass is 9.91. The molecular weight excluding hydrogens is 289 g/mol. The number of carbonyl (C=O) groups is 2. The second-order valence-electron chi connectivity index (χ2n) is 5.97. The molecule has 0 aliphatic carbocycles. The summed E-state index contributed by atoms with van der Waals surface area (Å²) < 4.78 is 39.0. The zero-order valence-electron chi connectivity index (χ0n) is 13.4. The fraction of sp³-hybridized carbons (Fsp3) is 0.857. The van der Waals surface area contributed by atoms with Gasteiger partial charge in [-0.2, -0.15) is 13.2 Å². The summed E-state index contributed by atoms with van der Waals surface area (Å²) in [6.07, 6.45) is -3.31. The van der Waals surface area contributed by atoms with Gasteiger partial charge in [-0.1, -0.05) is 13.8 Å².